The minimum absolute atomic E-state index is 0. The molecule has 0 atom stereocenters. The van der Waals surface area contributed by atoms with Crippen molar-refractivity contribution < 1.29 is 9.13 Å². The van der Waals surface area contributed by atoms with Crippen LogP contribution in [-0.2, 0) is 16.6 Å². The average Bonchev–Trinajstić information content (AvgIpc) is 2.75. The van der Waals surface area contributed by atoms with Crippen LogP contribution in [0.25, 0.3) is 0 Å². The van der Waals surface area contributed by atoms with Gasteiger partial charge in [-0.2, -0.15) is 0 Å². The third-order valence-corrected chi connectivity index (χ3v) is 5.34. The normalized spacial score (nSPS) is 16.0. The molecule has 1 aliphatic rings. The van der Waals surface area contributed by atoms with Crippen LogP contribution < -0.4 is 10.6 Å². The lowest BCUT2D eigenvalue weighted by molar-refractivity contribution is 0.0531. The van der Waals surface area contributed by atoms with Gasteiger partial charge in [-0.1, -0.05) is 42.5 Å². The van der Waals surface area contributed by atoms with Gasteiger partial charge in [-0.25, -0.2) is 4.39 Å². The molecule has 6 heteroatoms. The number of nitrogens with zero attached hydrogens (tertiary/aromatic N) is 1. The summed E-state index contributed by atoms with van der Waals surface area (Å²) in [6.07, 6.45) is 2.79. The molecule has 1 heterocycles. The summed E-state index contributed by atoms with van der Waals surface area (Å²) in [6, 6.07) is 17.3. The van der Waals surface area contributed by atoms with E-state index >= 15 is 0 Å². The highest BCUT2D eigenvalue weighted by Crippen LogP contribution is 2.35. The lowest BCUT2D eigenvalue weighted by atomic mass is 9.74. The molecule has 29 heavy (non-hydrogen) atoms. The van der Waals surface area contributed by atoms with Crippen LogP contribution in [0.3, 0.4) is 0 Å². The molecule has 0 saturated carbocycles. The zero-order chi connectivity index (χ0) is 19.7. The Hall–Kier alpha value is -1.67. The van der Waals surface area contributed by atoms with Gasteiger partial charge in [0.2, 0.25) is 0 Å². The molecule has 0 amide bonds. The molecular weight excluding hydrogens is 480 g/mol. The summed E-state index contributed by atoms with van der Waals surface area (Å²) < 4.78 is 18.7. The SMILES string of the molecule is CCNC(=NCC1(c2ccccc2)CCOCC1)NCCc1ccc(F)cc1.I. The molecule has 1 fully saturated rings. The quantitative estimate of drug-likeness (QED) is 0.331. The zero-order valence-electron chi connectivity index (χ0n) is 17.0. The molecule has 4 nitrogen and oxygen atoms in total. The number of guanidine groups is 1. The molecule has 2 aromatic carbocycles. The number of halogens is 2. The van der Waals surface area contributed by atoms with Gasteiger partial charge < -0.3 is 15.4 Å². The van der Waals surface area contributed by atoms with Crippen LogP contribution in [0.4, 0.5) is 4.39 Å². The summed E-state index contributed by atoms with van der Waals surface area (Å²) >= 11 is 0. The number of benzene rings is 2. The predicted molar refractivity (Wildman–Crippen MR) is 128 cm³/mol. The minimum Gasteiger partial charge on any atom is -0.381 e. The van der Waals surface area contributed by atoms with Crippen molar-refractivity contribution in [1.29, 1.82) is 0 Å². The Bertz CT molecular complexity index is 746. The first-order chi connectivity index (χ1) is 13.7. The minimum atomic E-state index is -0.200. The zero-order valence-corrected chi connectivity index (χ0v) is 19.3. The fraction of sp³-hybridized carbons (Fsp3) is 0.435. The lowest BCUT2D eigenvalue weighted by Gasteiger charge is -2.36. The number of rotatable bonds is 7. The van der Waals surface area contributed by atoms with Crippen molar-refractivity contribution in [3.05, 3.63) is 71.5 Å². The van der Waals surface area contributed by atoms with Gasteiger partial charge in [0.15, 0.2) is 5.96 Å². The third-order valence-electron chi connectivity index (χ3n) is 5.34. The van der Waals surface area contributed by atoms with Gasteiger partial charge >= 0.3 is 0 Å². The van der Waals surface area contributed by atoms with Crippen molar-refractivity contribution in [3.8, 4) is 0 Å². The number of nitrogens with one attached hydrogen (secondary N) is 2. The van der Waals surface area contributed by atoms with Crippen LogP contribution in [0.2, 0.25) is 0 Å². The maximum Gasteiger partial charge on any atom is 0.191 e. The van der Waals surface area contributed by atoms with Crippen molar-refractivity contribution >= 4 is 29.9 Å². The summed E-state index contributed by atoms with van der Waals surface area (Å²) in [7, 11) is 0. The summed E-state index contributed by atoms with van der Waals surface area (Å²) in [6.45, 7) is 5.91. The van der Waals surface area contributed by atoms with E-state index in [0.717, 1.165) is 63.6 Å². The van der Waals surface area contributed by atoms with Crippen LogP contribution in [-0.4, -0.2) is 38.8 Å². The fourth-order valence-electron chi connectivity index (χ4n) is 3.64. The first-order valence-corrected chi connectivity index (χ1v) is 10.1. The van der Waals surface area contributed by atoms with Crippen molar-refractivity contribution in [1.82, 2.24) is 10.6 Å². The molecule has 0 bridgehead atoms. The Morgan fingerprint density at radius 3 is 2.38 bits per heavy atom. The van der Waals surface area contributed by atoms with Crippen LogP contribution in [0.5, 0.6) is 0 Å². The molecule has 0 spiro atoms. The number of aliphatic imine (C=N–C) groups is 1. The monoisotopic (exact) mass is 511 g/mol. The second kappa shape index (κ2) is 12.1. The Balaban J connectivity index is 0.00000300. The second-order valence-electron chi connectivity index (χ2n) is 7.26. The smallest absolute Gasteiger partial charge is 0.191 e. The number of hydrogen-bond donors (Lipinski definition) is 2. The predicted octanol–water partition coefficient (Wildman–Crippen LogP) is 4.29. The van der Waals surface area contributed by atoms with Crippen LogP contribution >= 0.6 is 24.0 Å². The lowest BCUT2D eigenvalue weighted by Crippen LogP contribution is -2.41. The molecule has 2 aromatic rings. The summed E-state index contributed by atoms with van der Waals surface area (Å²) in [5.74, 6) is 0.626. The van der Waals surface area contributed by atoms with E-state index < -0.39 is 0 Å². The van der Waals surface area contributed by atoms with E-state index in [0.29, 0.717) is 0 Å². The Labute approximate surface area is 190 Å². The van der Waals surface area contributed by atoms with Gasteiger partial charge in [0.1, 0.15) is 5.82 Å². The van der Waals surface area contributed by atoms with E-state index in [9.17, 15) is 4.39 Å². The Kier molecular flexibility index (Phi) is 9.87. The molecule has 1 aliphatic heterocycles. The molecule has 0 unspecified atom stereocenters. The van der Waals surface area contributed by atoms with E-state index in [2.05, 4.69) is 47.9 Å². The standard InChI is InChI=1S/C23H30FN3O.HI/c1-2-25-22(26-15-12-19-8-10-21(24)11-9-19)27-18-23(13-16-28-17-14-23)20-6-4-3-5-7-20;/h3-11H,2,12-18H2,1H3,(H2,25,26,27);1H. The van der Waals surface area contributed by atoms with E-state index in [1.54, 1.807) is 0 Å². The van der Waals surface area contributed by atoms with Gasteiger partial charge in [0, 0.05) is 31.7 Å². The summed E-state index contributed by atoms with van der Waals surface area (Å²) in [5.41, 5.74) is 2.47. The maximum atomic E-state index is 13.0. The molecule has 158 valence electrons. The molecule has 3 rings (SSSR count). The molecule has 1 saturated heterocycles. The molecule has 0 aliphatic carbocycles. The molecule has 2 N–H and O–H groups in total. The molecule has 0 radical (unpaired) electrons. The van der Waals surface area contributed by atoms with Crippen LogP contribution in [0, 0.1) is 5.82 Å². The average molecular weight is 511 g/mol. The fourth-order valence-corrected chi connectivity index (χ4v) is 3.64. The first-order valence-electron chi connectivity index (χ1n) is 10.1. The van der Waals surface area contributed by atoms with Crippen molar-refractivity contribution in [2.45, 2.75) is 31.6 Å². The Morgan fingerprint density at radius 1 is 1.03 bits per heavy atom. The van der Waals surface area contributed by atoms with Gasteiger partial charge in [0.25, 0.3) is 0 Å². The maximum absolute atomic E-state index is 13.0. The highest BCUT2D eigenvalue weighted by atomic mass is 127. The summed E-state index contributed by atoms with van der Waals surface area (Å²) in [5, 5.41) is 6.74. The van der Waals surface area contributed by atoms with Gasteiger partial charge in [-0.05, 0) is 49.4 Å². The van der Waals surface area contributed by atoms with E-state index in [-0.39, 0.29) is 35.2 Å². The Morgan fingerprint density at radius 2 is 1.72 bits per heavy atom. The van der Waals surface area contributed by atoms with E-state index in [1.807, 2.05) is 12.1 Å². The molecule has 0 aromatic heterocycles. The number of hydrogen-bond acceptors (Lipinski definition) is 2. The van der Waals surface area contributed by atoms with Crippen molar-refractivity contribution in [2.75, 3.05) is 32.8 Å². The highest BCUT2D eigenvalue weighted by Gasteiger charge is 2.34. The van der Waals surface area contributed by atoms with Crippen molar-refractivity contribution in [2.24, 2.45) is 4.99 Å². The van der Waals surface area contributed by atoms with E-state index in [4.69, 9.17) is 9.73 Å². The van der Waals surface area contributed by atoms with Crippen molar-refractivity contribution in [3.63, 3.8) is 0 Å². The highest BCUT2D eigenvalue weighted by molar-refractivity contribution is 14.0. The van der Waals surface area contributed by atoms with Gasteiger partial charge in [0.05, 0.1) is 6.54 Å². The largest absolute Gasteiger partial charge is 0.381 e. The second-order valence-corrected chi connectivity index (χ2v) is 7.26. The topological polar surface area (TPSA) is 45.7 Å². The van der Waals surface area contributed by atoms with Crippen LogP contribution in [0.1, 0.15) is 30.9 Å². The summed E-state index contributed by atoms with van der Waals surface area (Å²) in [4.78, 5) is 4.91. The van der Waals surface area contributed by atoms with Gasteiger partial charge in [-0.15, -0.1) is 24.0 Å². The first kappa shape index (κ1) is 23.6. The van der Waals surface area contributed by atoms with Crippen LogP contribution in [0.15, 0.2) is 59.6 Å². The van der Waals surface area contributed by atoms with Gasteiger partial charge in [-0.3, -0.25) is 4.99 Å². The third kappa shape index (κ3) is 6.96. The molecular formula is C23H31FIN3O. The number of ether oxygens (including phenoxy) is 1. The van der Waals surface area contributed by atoms with E-state index in [1.165, 1.54) is 17.7 Å².